The number of methoxy groups -OCH3 is 1. The number of hydrogen-bond acceptors (Lipinski definition) is 5. The van der Waals surface area contributed by atoms with Crippen LogP contribution in [0.3, 0.4) is 0 Å². The first-order valence-electron chi connectivity index (χ1n) is 9.69. The van der Waals surface area contributed by atoms with Gasteiger partial charge >= 0.3 is 5.97 Å². The van der Waals surface area contributed by atoms with Crippen molar-refractivity contribution in [3.63, 3.8) is 0 Å². The number of aryl methyl sites for hydroxylation is 1. The van der Waals surface area contributed by atoms with E-state index in [1.54, 1.807) is 24.3 Å². The minimum absolute atomic E-state index is 0.00861. The maximum absolute atomic E-state index is 13.4. The molecule has 1 N–H and O–H groups in total. The van der Waals surface area contributed by atoms with Gasteiger partial charge in [0.25, 0.3) is 0 Å². The van der Waals surface area contributed by atoms with Crippen LogP contribution in [0.15, 0.2) is 54.6 Å². The van der Waals surface area contributed by atoms with Crippen molar-refractivity contribution >= 4 is 23.5 Å². The summed E-state index contributed by atoms with van der Waals surface area (Å²) < 4.78 is 4.87. The standard InChI is InChI=1S/C23H24N2O4/c1-14-9-11-15(12-10-14)20-18-19(23(2,24-20)13-17(26)29-3)22(28)25(21(18)27)16-7-5-4-6-8-16/h4-12,18-20,24H,13H2,1-3H3. The van der Waals surface area contributed by atoms with Crippen LogP contribution in [-0.2, 0) is 19.1 Å². The van der Waals surface area contributed by atoms with Crippen LogP contribution in [0.5, 0.6) is 0 Å². The van der Waals surface area contributed by atoms with Crippen molar-refractivity contribution in [2.45, 2.75) is 31.8 Å². The van der Waals surface area contributed by atoms with Crippen molar-refractivity contribution in [3.8, 4) is 0 Å². The molecule has 2 saturated heterocycles. The van der Waals surface area contributed by atoms with E-state index in [2.05, 4.69) is 5.32 Å². The summed E-state index contributed by atoms with van der Waals surface area (Å²) >= 11 is 0. The van der Waals surface area contributed by atoms with E-state index in [0.717, 1.165) is 11.1 Å². The second kappa shape index (κ2) is 7.12. The van der Waals surface area contributed by atoms with Gasteiger partial charge in [-0.15, -0.1) is 0 Å². The van der Waals surface area contributed by atoms with Crippen molar-refractivity contribution in [2.75, 3.05) is 12.0 Å². The fourth-order valence-corrected chi connectivity index (χ4v) is 4.66. The van der Waals surface area contributed by atoms with E-state index in [-0.39, 0.29) is 24.3 Å². The molecule has 2 aliphatic rings. The number of anilines is 1. The number of carbonyl (C=O) groups is 3. The molecular weight excluding hydrogens is 368 g/mol. The molecule has 0 saturated carbocycles. The van der Waals surface area contributed by atoms with Gasteiger partial charge < -0.3 is 10.1 Å². The number of amides is 2. The molecule has 0 spiro atoms. The summed E-state index contributed by atoms with van der Waals surface area (Å²) in [6.07, 6.45) is 0.00861. The Morgan fingerprint density at radius 3 is 2.34 bits per heavy atom. The van der Waals surface area contributed by atoms with E-state index >= 15 is 0 Å². The summed E-state index contributed by atoms with van der Waals surface area (Å²) in [5.74, 6) is -2.17. The number of carbonyl (C=O) groups excluding carboxylic acids is 3. The van der Waals surface area contributed by atoms with Crippen LogP contribution >= 0.6 is 0 Å². The molecule has 4 rings (SSSR count). The topological polar surface area (TPSA) is 75.7 Å². The lowest BCUT2D eigenvalue weighted by Gasteiger charge is -2.30. The van der Waals surface area contributed by atoms with Gasteiger partial charge in [0.15, 0.2) is 0 Å². The summed E-state index contributed by atoms with van der Waals surface area (Å²) in [7, 11) is 1.33. The minimum Gasteiger partial charge on any atom is -0.469 e. The molecule has 2 amide bonds. The van der Waals surface area contributed by atoms with Gasteiger partial charge in [0.1, 0.15) is 0 Å². The lowest BCUT2D eigenvalue weighted by Crippen LogP contribution is -2.49. The monoisotopic (exact) mass is 392 g/mol. The maximum Gasteiger partial charge on any atom is 0.307 e. The lowest BCUT2D eigenvalue weighted by atomic mass is 9.78. The van der Waals surface area contributed by atoms with E-state index in [1.165, 1.54) is 12.0 Å². The Bertz CT molecular complexity index is 957. The van der Waals surface area contributed by atoms with Crippen LogP contribution in [0.4, 0.5) is 5.69 Å². The Morgan fingerprint density at radius 1 is 1.07 bits per heavy atom. The summed E-state index contributed by atoms with van der Waals surface area (Å²) in [5, 5.41) is 3.43. The van der Waals surface area contributed by atoms with Crippen LogP contribution < -0.4 is 10.2 Å². The number of nitrogens with zero attached hydrogens (tertiary/aromatic N) is 1. The first kappa shape index (κ1) is 19.3. The van der Waals surface area contributed by atoms with Gasteiger partial charge in [-0.3, -0.25) is 14.4 Å². The van der Waals surface area contributed by atoms with Crippen LogP contribution in [0.25, 0.3) is 0 Å². The Kier molecular flexibility index (Phi) is 4.74. The van der Waals surface area contributed by atoms with Crippen molar-refractivity contribution in [2.24, 2.45) is 11.8 Å². The summed E-state index contributed by atoms with van der Waals surface area (Å²) in [6.45, 7) is 3.83. The van der Waals surface area contributed by atoms with Gasteiger partial charge in [0.2, 0.25) is 11.8 Å². The molecule has 0 radical (unpaired) electrons. The molecule has 2 fully saturated rings. The highest BCUT2D eigenvalue weighted by Crippen LogP contribution is 2.50. The highest BCUT2D eigenvalue weighted by atomic mass is 16.5. The molecule has 2 heterocycles. The molecule has 150 valence electrons. The highest BCUT2D eigenvalue weighted by Gasteiger charge is 2.64. The Balaban J connectivity index is 1.79. The predicted molar refractivity (Wildman–Crippen MR) is 108 cm³/mol. The molecule has 6 heteroatoms. The molecule has 2 aromatic rings. The number of fused-ring (bicyclic) bond motifs is 1. The number of esters is 1. The van der Waals surface area contributed by atoms with Gasteiger partial charge in [-0.25, -0.2) is 4.90 Å². The normalized spacial score (nSPS) is 28.5. The summed E-state index contributed by atoms with van der Waals surface area (Å²) in [6, 6.07) is 16.5. The molecule has 2 aliphatic heterocycles. The van der Waals surface area contributed by atoms with Gasteiger partial charge in [-0.1, -0.05) is 48.0 Å². The second-order valence-corrected chi connectivity index (χ2v) is 8.05. The Labute approximate surface area is 169 Å². The third-order valence-electron chi connectivity index (χ3n) is 6.07. The minimum atomic E-state index is -0.885. The zero-order valence-electron chi connectivity index (χ0n) is 16.7. The molecule has 6 nitrogen and oxygen atoms in total. The average Bonchev–Trinajstić information content (AvgIpc) is 3.16. The Morgan fingerprint density at radius 2 is 1.72 bits per heavy atom. The fourth-order valence-electron chi connectivity index (χ4n) is 4.66. The Hall–Kier alpha value is -2.99. The van der Waals surface area contributed by atoms with E-state index in [4.69, 9.17) is 4.74 Å². The lowest BCUT2D eigenvalue weighted by molar-refractivity contribution is -0.142. The van der Waals surface area contributed by atoms with Crippen LogP contribution in [-0.4, -0.2) is 30.4 Å². The first-order chi connectivity index (χ1) is 13.9. The summed E-state index contributed by atoms with van der Waals surface area (Å²) in [4.78, 5) is 40.3. The molecule has 0 aromatic heterocycles. The molecule has 4 unspecified atom stereocenters. The van der Waals surface area contributed by atoms with E-state index in [1.807, 2.05) is 44.2 Å². The second-order valence-electron chi connectivity index (χ2n) is 8.05. The average molecular weight is 392 g/mol. The van der Waals surface area contributed by atoms with Gasteiger partial charge in [-0.2, -0.15) is 0 Å². The fraction of sp³-hybridized carbons (Fsp3) is 0.348. The molecule has 2 aromatic carbocycles. The first-order valence-corrected chi connectivity index (χ1v) is 9.69. The molecule has 0 aliphatic carbocycles. The maximum atomic E-state index is 13.4. The largest absolute Gasteiger partial charge is 0.469 e. The number of hydrogen-bond donors (Lipinski definition) is 1. The quantitative estimate of drug-likeness (QED) is 0.640. The van der Waals surface area contributed by atoms with Gasteiger partial charge in [0, 0.05) is 11.6 Å². The SMILES string of the molecule is COC(=O)CC1(C)NC(c2ccc(C)cc2)C2C(=O)N(c3ccccc3)C(=O)C21. The van der Waals surface area contributed by atoms with Crippen molar-refractivity contribution in [1.29, 1.82) is 0 Å². The zero-order valence-corrected chi connectivity index (χ0v) is 16.7. The predicted octanol–water partition coefficient (Wildman–Crippen LogP) is 2.77. The molecular formula is C23H24N2O4. The smallest absolute Gasteiger partial charge is 0.307 e. The van der Waals surface area contributed by atoms with Crippen molar-refractivity contribution < 1.29 is 19.1 Å². The van der Waals surface area contributed by atoms with Crippen LogP contribution in [0, 0.1) is 18.8 Å². The number of rotatable bonds is 4. The molecule has 4 atom stereocenters. The van der Waals surface area contributed by atoms with E-state index in [0.29, 0.717) is 5.69 Å². The van der Waals surface area contributed by atoms with Crippen molar-refractivity contribution in [3.05, 3.63) is 65.7 Å². The van der Waals surface area contributed by atoms with Crippen molar-refractivity contribution in [1.82, 2.24) is 5.32 Å². The van der Waals surface area contributed by atoms with Crippen LogP contribution in [0.2, 0.25) is 0 Å². The van der Waals surface area contributed by atoms with Gasteiger partial charge in [0.05, 0.1) is 31.1 Å². The zero-order chi connectivity index (χ0) is 20.8. The molecule has 29 heavy (non-hydrogen) atoms. The summed E-state index contributed by atoms with van der Waals surface area (Å²) in [5.41, 5.74) is 1.71. The number of ether oxygens (including phenoxy) is 1. The number of benzene rings is 2. The number of para-hydroxylation sites is 1. The third-order valence-corrected chi connectivity index (χ3v) is 6.07. The van der Waals surface area contributed by atoms with Crippen LogP contribution in [0.1, 0.15) is 30.5 Å². The van der Waals surface area contributed by atoms with E-state index < -0.39 is 23.3 Å². The number of imide groups is 1. The molecule has 0 bridgehead atoms. The van der Waals surface area contributed by atoms with Gasteiger partial charge in [-0.05, 0) is 31.5 Å². The van der Waals surface area contributed by atoms with E-state index in [9.17, 15) is 14.4 Å². The third kappa shape index (κ3) is 3.13. The number of nitrogens with one attached hydrogen (secondary N) is 1. The highest BCUT2D eigenvalue weighted by molar-refractivity contribution is 6.23.